The van der Waals surface area contributed by atoms with Gasteiger partial charge in [-0.25, -0.2) is 4.39 Å². The summed E-state index contributed by atoms with van der Waals surface area (Å²) in [6.45, 7) is 0. The molecule has 0 N–H and O–H groups in total. The van der Waals surface area contributed by atoms with Gasteiger partial charge in [0.05, 0.1) is 7.11 Å². The van der Waals surface area contributed by atoms with Crippen LogP contribution in [0.15, 0.2) is 35.7 Å². The first-order chi connectivity index (χ1) is 8.63. The van der Waals surface area contributed by atoms with E-state index in [0.29, 0.717) is 16.2 Å². The Balaban J connectivity index is 2.26. The zero-order chi connectivity index (χ0) is 13.1. The SMILES string of the molecule is COc1ccsc1C(=O)C(Cl)c1ccc(F)cc1. The monoisotopic (exact) mass is 284 g/mol. The number of benzene rings is 1. The number of hydrogen-bond donors (Lipinski definition) is 0. The molecular weight excluding hydrogens is 275 g/mol. The molecule has 94 valence electrons. The molecule has 2 aromatic rings. The first kappa shape index (κ1) is 13.1. The second-order valence-electron chi connectivity index (χ2n) is 3.60. The minimum atomic E-state index is -0.835. The van der Waals surface area contributed by atoms with Crippen molar-refractivity contribution in [3.05, 3.63) is 52.0 Å². The van der Waals surface area contributed by atoms with Crippen LogP contribution in [0.3, 0.4) is 0 Å². The summed E-state index contributed by atoms with van der Waals surface area (Å²) in [7, 11) is 1.50. The third-order valence-corrected chi connectivity index (χ3v) is 3.83. The van der Waals surface area contributed by atoms with Crippen LogP contribution >= 0.6 is 22.9 Å². The molecule has 0 spiro atoms. The lowest BCUT2D eigenvalue weighted by Gasteiger charge is -2.08. The second-order valence-corrected chi connectivity index (χ2v) is 4.95. The summed E-state index contributed by atoms with van der Waals surface area (Å²) in [6.07, 6.45) is 0. The normalized spacial score (nSPS) is 12.2. The molecule has 0 fully saturated rings. The molecule has 5 heteroatoms. The summed E-state index contributed by atoms with van der Waals surface area (Å²) in [5.74, 6) is -0.0864. The molecular formula is C13H10ClFO2S. The van der Waals surface area contributed by atoms with Crippen molar-refractivity contribution in [1.29, 1.82) is 0 Å². The maximum absolute atomic E-state index is 12.8. The quantitative estimate of drug-likeness (QED) is 0.625. The Morgan fingerprint density at radius 3 is 2.61 bits per heavy atom. The van der Waals surface area contributed by atoms with Crippen LogP contribution in [-0.2, 0) is 0 Å². The summed E-state index contributed by atoms with van der Waals surface area (Å²) in [5, 5.41) is 0.929. The van der Waals surface area contributed by atoms with Gasteiger partial charge in [-0.15, -0.1) is 22.9 Å². The minimum Gasteiger partial charge on any atom is -0.495 e. The van der Waals surface area contributed by atoms with Crippen LogP contribution in [0.5, 0.6) is 5.75 Å². The second kappa shape index (κ2) is 5.50. The number of carbonyl (C=O) groups excluding carboxylic acids is 1. The van der Waals surface area contributed by atoms with Crippen LogP contribution in [0.25, 0.3) is 0 Å². The van der Waals surface area contributed by atoms with E-state index in [9.17, 15) is 9.18 Å². The number of Topliss-reactive ketones (excluding diaryl/α,β-unsaturated/α-hetero) is 1. The van der Waals surface area contributed by atoms with Crippen LogP contribution in [0, 0.1) is 5.82 Å². The maximum atomic E-state index is 12.8. The number of rotatable bonds is 4. The molecule has 0 aliphatic rings. The average Bonchev–Trinajstić information content (AvgIpc) is 2.86. The van der Waals surface area contributed by atoms with Crippen molar-refractivity contribution < 1.29 is 13.9 Å². The van der Waals surface area contributed by atoms with E-state index in [1.165, 1.54) is 42.7 Å². The molecule has 0 bridgehead atoms. The molecule has 0 radical (unpaired) electrons. The number of hydrogen-bond acceptors (Lipinski definition) is 3. The Kier molecular flexibility index (Phi) is 3.99. The highest BCUT2D eigenvalue weighted by molar-refractivity contribution is 7.12. The number of ketones is 1. The predicted molar refractivity (Wildman–Crippen MR) is 70.2 cm³/mol. The van der Waals surface area contributed by atoms with E-state index in [-0.39, 0.29) is 11.6 Å². The van der Waals surface area contributed by atoms with Crippen molar-refractivity contribution in [3.63, 3.8) is 0 Å². The fraction of sp³-hybridized carbons (Fsp3) is 0.154. The minimum absolute atomic E-state index is 0.241. The molecule has 18 heavy (non-hydrogen) atoms. The smallest absolute Gasteiger partial charge is 0.198 e. The third kappa shape index (κ3) is 2.54. The van der Waals surface area contributed by atoms with Crippen molar-refractivity contribution in [2.24, 2.45) is 0 Å². The molecule has 1 aromatic carbocycles. The zero-order valence-electron chi connectivity index (χ0n) is 9.52. The highest BCUT2D eigenvalue weighted by atomic mass is 35.5. The van der Waals surface area contributed by atoms with Gasteiger partial charge in [-0.1, -0.05) is 12.1 Å². The van der Waals surface area contributed by atoms with Gasteiger partial charge in [0.1, 0.15) is 21.8 Å². The Morgan fingerprint density at radius 2 is 2.00 bits per heavy atom. The Morgan fingerprint density at radius 1 is 1.33 bits per heavy atom. The Hall–Kier alpha value is -1.39. The average molecular weight is 285 g/mol. The first-order valence-corrected chi connectivity index (χ1v) is 6.50. The van der Waals surface area contributed by atoms with Gasteiger partial charge < -0.3 is 4.74 Å². The third-order valence-electron chi connectivity index (χ3n) is 2.47. The van der Waals surface area contributed by atoms with E-state index in [1.54, 1.807) is 11.4 Å². The van der Waals surface area contributed by atoms with Crippen LogP contribution in [0.4, 0.5) is 4.39 Å². The molecule has 1 aromatic heterocycles. The molecule has 2 rings (SSSR count). The van der Waals surface area contributed by atoms with Gasteiger partial charge in [0.2, 0.25) is 0 Å². The lowest BCUT2D eigenvalue weighted by Crippen LogP contribution is -2.07. The molecule has 1 unspecified atom stereocenters. The van der Waals surface area contributed by atoms with E-state index >= 15 is 0 Å². The summed E-state index contributed by atoms with van der Waals surface area (Å²) in [6, 6.07) is 7.29. The number of carbonyl (C=O) groups is 1. The summed E-state index contributed by atoms with van der Waals surface area (Å²) in [5.41, 5.74) is 0.568. The van der Waals surface area contributed by atoms with Crippen molar-refractivity contribution in [1.82, 2.24) is 0 Å². The maximum Gasteiger partial charge on any atom is 0.198 e. The molecule has 0 amide bonds. The summed E-state index contributed by atoms with van der Waals surface area (Å²) < 4.78 is 17.9. The molecule has 0 aliphatic heterocycles. The fourth-order valence-electron chi connectivity index (χ4n) is 1.54. The van der Waals surface area contributed by atoms with Gasteiger partial charge in [-0.05, 0) is 29.1 Å². The number of ether oxygens (including phenoxy) is 1. The van der Waals surface area contributed by atoms with Gasteiger partial charge in [0, 0.05) is 0 Å². The number of methoxy groups -OCH3 is 1. The van der Waals surface area contributed by atoms with E-state index in [4.69, 9.17) is 16.3 Å². The van der Waals surface area contributed by atoms with Crippen LogP contribution in [0.1, 0.15) is 20.6 Å². The van der Waals surface area contributed by atoms with E-state index in [0.717, 1.165) is 0 Å². The predicted octanol–water partition coefficient (Wildman–Crippen LogP) is 4.06. The molecule has 1 atom stereocenters. The molecule has 0 saturated heterocycles. The van der Waals surface area contributed by atoms with Gasteiger partial charge >= 0.3 is 0 Å². The molecule has 2 nitrogen and oxygen atoms in total. The summed E-state index contributed by atoms with van der Waals surface area (Å²) in [4.78, 5) is 12.6. The van der Waals surface area contributed by atoms with Crippen LogP contribution in [-0.4, -0.2) is 12.9 Å². The van der Waals surface area contributed by atoms with Gasteiger partial charge in [0.15, 0.2) is 5.78 Å². The van der Waals surface area contributed by atoms with Crippen LogP contribution < -0.4 is 4.74 Å². The molecule has 0 aliphatic carbocycles. The lowest BCUT2D eigenvalue weighted by molar-refractivity contribution is 0.0988. The lowest BCUT2D eigenvalue weighted by atomic mass is 10.1. The van der Waals surface area contributed by atoms with Gasteiger partial charge in [0.25, 0.3) is 0 Å². The topological polar surface area (TPSA) is 26.3 Å². The highest BCUT2D eigenvalue weighted by Gasteiger charge is 2.23. The molecule has 1 heterocycles. The zero-order valence-corrected chi connectivity index (χ0v) is 11.1. The van der Waals surface area contributed by atoms with Crippen molar-refractivity contribution >= 4 is 28.7 Å². The number of thiophene rings is 1. The standard InChI is InChI=1S/C13H10ClFO2S/c1-17-10-6-7-18-13(10)12(16)11(14)8-2-4-9(15)5-3-8/h2-7,11H,1H3. The van der Waals surface area contributed by atoms with Crippen LogP contribution in [0.2, 0.25) is 0 Å². The van der Waals surface area contributed by atoms with Crippen molar-refractivity contribution in [2.75, 3.05) is 7.11 Å². The van der Waals surface area contributed by atoms with Gasteiger partial charge in [-0.3, -0.25) is 4.79 Å². The molecule has 0 saturated carbocycles. The van der Waals surface area contributed by atoms with E-state index in [2.05, 4.69) is 0 Å². The first-order valence-electron chi connectivity index (χ1n) is 5.18. The van der Waals surface area contributed by atoms with E-state index in [1.807, 2.05) is 0 Å². The number of alkyl halides is 1. The number of halogens is 2. The Labute approximate surface area is 113 Å². The largest absolute Gasteiger partial charge is 0.495 e. The van der Waals surface area contributed by atoms with Gasteiger partial charge in [-0.2, -0.15) is 0 Å². The van der Waals surface area contributed by atoms with Crippen molar-refractivity contribution in [2.45, 2.75) is 5.38 Å². The van der Waals surface area contributed by atoms with Crippen molar-refractivity contribution in [3.8, 4) is 5.75 Å². The Bertz CT molecular complexity index is 550. The fourth-order valence-corrected chi connectivity index (χ4v) is 2.68. The van der Waals surface area contributed by atoms with E-state index < -0.39 is 5.38 Å². The highest BCUT2D eigenvalue weighted by Crippen LogP contribution is 2.32. The summed E-state index contributed by atoms with van der Waals surface area (Å²) >= 11 is 7.38.